The number of nitrogens with one attached hydrogen (secondary N) is 1. The third kappa shape index (κ3) is 9.38. The molecule has 0 spiro atoms. The standard InChI is InChI=1S/C38H46N10O5S/c1-27-41-37(44-38(42-27)47(25-28-7-12-32(51-4)13-8-28)26-29-9-14-33(52-5)15-10-29)34-21-30(22-40-36(34)43-31-11-16-35(53-6)39-23-31)24-46-17-19-48(20-18-46)54(49,50)45(2)3/h7-16,21-23H,17-20,24-26H2,1-6H3,(H,40,43). The first-order chi connectivity index (χ1) is 26.0. The summed E-state index contributed by atoms with van der Waals surface area (Å²) in [7, 11) is 4.51. The highest BCUT2D eigenvalue weighted by atomic mass is 32.2. The van der Waals surface area contributed by atoms with E-state index >= 15 is 0 Å². The summed E-state index contributed by atoms with van der Waals surface area (Å²) < 4.78 is 44.2. The normalized spacial score (nSPS) is 13.8. The quantitative estimate of drug-likeness (QED) is 0.160. The molecule has 5 aromatic rings. The number of nitrogens with zero attached hydrogens (tertiary/aromatic N) is 9. The van der Waals surface area contributed by atoms with E-state index in [0.29, 0.717) is 86.4 Å². The van der Waals surface area contributed by atoms with Crippen LogP contribution < -0.4 is 24.4 Å². The largest absolute Gasteiger partial charge is 0.497 e. The minimum atomic E-state index is -3.47. The van der Waals surface area contributed by atoms with Gasteiger partial charge in [-0.2, -0.15) is 27.0 Å². The molecule has 284 valence electrons. The zero-order chi connectivity index (χ0) is 38.2. The van der Waals surface area contributed by atoms with Gasteiger partial charge in [0.15, 0.2) is 5.82 Å². The molecule has 0 radical (unpaired) electrons. The van der Waals surface area contributed by atoms with E-state index in [1.165, 1.54) is 8.61 Å². The smallest absolute Gasteiger partial charge is 0.281 e. The molecular formula is C38H46N10O5S. The summed E-state index contributed by atoms with van der Waals surface area (Å²) in [5, 5.41) is 3.40. The van der Waals surface area contributed by atoms with Crippen molar-refractivity contribution in [1.29, 1.82) is 0 Å². The van der Waals surface area contributed by atoms with Crippen LogP contribution in [-0.2, 0) is 29.8 Å². The van der Waals surface area contributed by atoms with Crippen LogP contribution in [-0.4, -0.2) is 108 Å². The molecule has 1 aliphatic rings. The second-order valence-corrected chi connectivity index (χ2v) is 15.1. The molecule has 3 aromatic heterocycles. The van der Waals surface area contributed by atoms with Gasteiger partial charge in [-0.3, -0.25) is 4.90 Å². The molecule has 1 fully saturated rings. The molecule has 15 nitrogen and oxygen atoms in total. The number of aryl methyl sites for hydroxylation is 1. The van der Waals surface area contributed by atoms with E-state index in [9.17, 15) is 8.42 Å². The summed E-state index contributed by atoms with van der Waals surface area (Å²) in [5.74, 6) is 4.09. The molecule has 0 aliphatic carbocycles. The Morgan fingerprint density at radius 3 is 1.91 bits per heavy atom. The number of benzene rings is 2. The molecule has 1 saturated heterocycles. The van der Waals surface area contributed by atoms with Crippen molar-refractivity contribution in [3.63, 3.8) is 0 Å². The highest BCUT2D eigenvalue weighted by Gasteiger charge is 2.29. The molecular weight excluding hydrogens is 709 g/mol. The van der Waals surface area contributed by atoms with Crippen LogP contribution in [0.15, 0.2) is 79.1 Å². The number of methoxy groups -OCH3 is 3. The number of hydrogen-bond acceptors (Lipinski definition) is 13. The van der Waals surface area contributed by atoms with Crippen LogP contribution in [0.25, 0.3) is 11.4 Å². The lowest BCUT2D eigenvalue weighted by molar-refractivity contribution is 0.177. The molecule has 4 heterocycles. The number of rotatable bonds is 15. The number of anilines is 3. The number of aromatic nitrogens is 5. The maximum absolute atomic E-state index is 12.7. The molecule has 6 rings (SSSR count). The monoisotopic (exact) mass is 754 g/mol. The highest BCUT2D eigenvalue weighted by Crippen LogP contribution is 2.30. The van der Waals surface area contributed by atoms with Crippen LogP contribution in [0.1, 0.15) is 22.5 Å². The number of hydrogen-bond donors (Lipinski definition) is 1. The summed E-state index contributed by atoms with van der Waals surface area (Å²) >= 11 is 0. The van der Waals surface area contributed by atoms with Crippen LogP contribution >= 0.6 is 0 Å². The van der Waals surface area contributed by atoms with Gasteiger partial charge >= 0.3 is 0 Å². The minimum absolute atomic E-state index is 0.402. The molecule has 54 heavy (non-hydrogen) atoms. The average molecular weight is 755 g/mol. The van der Waals surface area contributed by atoms with Gasteiger partial charge in [0.2, 0.25) is 11.8 Å². The first-order valence-corrected chi connectivity index (χ1v) is 18.8. The van der Waals surface area contributed by atoms with Crippen molar-refractivity contribution in [2.75, 3.05) is 71.8 Å². The van der Waals surface area contributed by atoms with Crippen LogP contribution in [0, 0.1) is 6.92 Å². The molecule has 0 unspecified atom stereocenters. The fourth-order valence-electron chi connectivity index (χ4n) is 6.01. The Labute approximate surface area is 316 Å². The summed E-state index contributed by atoms with van der Waals surface area (Å²) in [6.45, 7) is 5.44. The van der Waals surface area contributed by atoms with E-state index < -0.39 is 10.2 Å². The van der Waals surface area contributed by atoms with Gasteiger partial charge in [-0.05, 0) is 60.0 Å². The fourth-order valence-corrected chi connectivity index (χ4v) is 7.10. The fraction of sp³-hybridized carbons (Fsp3) is 0.342. The van der Waals surface area contributed by atoms with Crippen molar-refractivity contribution in [2.45, 2.75) is 26.6 Å². The maximum atomic E-state index is 12.7. The van der Waals surface area contributed by atoms with Crippen LogP contribution in [0.3, 0.4) is 0 Å². The van der Waals surface area contributed by atoms with E-state index in [0.717, 1.165) is 28.2 Å². The van der Waals surface area contributed by atoms with Crippen LogP contribution in [0.2, 0.25) is 0 Å². The number of pyridine rings is 2. The van der Waals surface area contributed by atoms with Gasteiger partial charge in [-0.15, -0.1) is 0 Å². The Morgan fingerprint density at radius 1 is 0.741 bits per heavy atom. The van der Waals surface area contributed by atoms with Gasteiger partial charge in [0.1, 0.15) is 23.1 Å². The van der Waals surface area contributed by atoms with E-state index in [4.69, 9.17) is 34.1 Å². The van der Waals surface area contributed by atoms with Crippen molar-refractivity contribution in [3.05, 3.63) is 102 Å². The van der Waals surface area contributed by atoms with E-state index in [1.807, 2.05) is 73.8 Å². The molecule has 16 heteroatoms. The molecule has 0 atom stereocenters. The van der Waals surface area contributed by atoms with E-state index in [-0.39, 0.29) is 0 Å². The minimum Gasteiger partial charge on any atom is -0.497 e. The first kappa shape index (κ1) is 38.3. The Morgan fingerprint density at radius 2 is 1.37 bits per heavy atom. The molecule has 1 N–H and O–H groups in total. The second-order valence-electron chi connectivity index (χ2n) is 13.0. The highest BCUT2D eigenvalue weighted by molar-refractivity contribution is 7.86. The van der Waals surface area contributed by atoms with Gasteiger partial charge < -0.3 is 24.4 Å². The maximum Gasteiger partial charge on any atom is 0.281 e. The van der Waals surface area contributed by atoms with Crippen molar-refractivity contribution >= 4 is 27.7 Å². The van der Waals surface area contributed by atoms with E-state index in [2.05, 4.69) is 20.1 Å². The van der Waals surface area contributed by atoms with Gasteiger partial charge in [-0.1, -0.05) is 24.3 Å². The molecule has 0 amide bonds. The topological polar surface area (TPSA) is 151 Å². The van der Waals surface area contributed by atoms with Gasteiger partial charge in [0, 0.05) is 72.2 Å². The van der Waals surface area contributed by atoms with Gasteiger partial charge in [-0.25, -0.2) is 15.0 Å². The second kappa shape index (κ2) is 17.2. The lowest BCUT2D eigenvalue weighted by Crippen LogP contribution is -2.51. The van der Waals surface area contributed by atoms with Crippen molar-refractivity contribution in [3.8, 4) is 28.8 Å². The Kier molecular flexibility index (Phi) is 12.2. The molecule has 1 aliphatic heterocycles. The van der Waals surface area contributed by atoms with Crippen LogP contribution in [0.4, 0.5) is 17.5 Å². The Bertz CT molecular complexity index is 2060. The van der Waals surface area contributed by atoms with E-state index in [1.54, 1.807) is 47.7 Å². The third-order valence-corrected chi connectivity index (χ3v) is 10.9. The molecule has 0 saturated carbocycles. The Balaban J connectivity index is 1.35. The Hall–Kier alpha value is -5.42. The van der Waals surface area contributed by atoms with Crippen molar-refractivity contribution < 1.29 is 22.6 Å². The predicted octanol–water partition coefficient (Wildman–Crippen LogP) is 4.54. The summed E-state index contributed by atoms with van der Waals surface area (Å²) in [6.07, 6.45) is 3.50. The van der Waals surface area contributed by atoms with Crippen LogP contribution in [0.5, 0.6) is 17.4 Å². The average Bonchev–Trinajstić information content (AvgIpc) is 3.19. The van der Waals surface area contributed by atoms with Gasteiger partial charge in [0.25, 0.3) is 10.2 Å². The number of ether oxygens (including phenoxy) is 3. The summed E-state index contributed by atoms with van der Waals surface area (Å²) in [4.78, 5) is 28.3. The van der Waals surface area contributed by atoms with Gasteiger partial charge in [0.05, 0.1) is 38.8 Å². The van der Waals surface area contributed by atoms with Crippen molar-refractivity contribution in [2.24, 2.45) is 0 Å². The number of piperazine rings is 1. The SMILES string of the molecule is COc1ccc(CN(Cc2ccc(OC)cc2)c2nc(C)nc(-c3cc(CN4CCN(S(=O)(=O)N(C)C)CC4)cnc3Nc3ccc(OC)nc3)n2)cc1. The molecule has 2 aromatic carbocycles. The zero-order valence-electron chi connectivity index (χ0n) is 31.4. The zero-order valence-corrected chi connectivity index (χ0v) is 32.2. The first-order valence-electron chi connectivity index (χ1n) is 17.4. The third-order valence-electron chi connectivity index (χ3n) is 9.00. The lowest BCUT2D eigenvalue weighted by atomic mass is 10.1. The lowest BCUT2D eigenvalue weighted by Gasteiger charge is -2.35. The van der Waals surface area contributed by atoms with Crippen molar-refractivity contribution in [1.82, 2.24) is 38.4 Å². The molecule has 0 bridgehead atoms. The predicted molar refractivity (Wildman–Crippen MR) is 207 cm³/mol. The summed E-state index contributed by atoms with van der Waals surface area (Å²) in [5.41, 5.74) is 4.43. The summed E-state index contributed by atoms with van der Waals surface area (Å²) in [6, 6.07) is 21.5.